The molecule has 2 unspecified atom stereocenters. The molecule has 9 nitrogen and oxygen atoms in total. The number of nitrogens with zero attached hydrogens (tertiary/aromatic N) is 1. The molecule has 0 aromatic carbocycles. The fourth-order valence-corrected chi connectivity index (χ4v) is 8.77. The Balaban J connectivity index is 4.17. The van der Waals surface area contributed by atoms with Crippen LogP contribution < -0.4 is 4.89 Å². The summed E-state index contributed by atoms with van der Waals surface area (Å²) in [5.74, 6) is -0.852. The van der Waals surface area contributed by atoms with Gasteiger partial charge >= 0.3 is 11.9 Å². The van der Waals surface area contributed by atoms with Crippen molar-refractivity contribution in [1.82, 2.24) is 0 Å². The molecule has 0 amide bonds. The molecule has 0 aliphatic carbocycles. The van der Waals surface area contributed by atoms with Gasteiger partial charge in [-0.05, 0) is 89.9 Å². The Labute approximate surface area is 473 Å². The number of hydrogen-bond acceptors (Lipinski definition) is 8. The molecular weight excluding hydrogens is 978 g/mol. The Morgan fingerprint density at radius 2 is 0.740 bits per heavy atom. The molecule has 0 fully saturated rings. The molecule has 440 valence electrons. The van der Waals surface area contributed by atoms with Gasteiger partial charge in [0, 0.05) is 12.8 Å². The average Bonchev–Trinajstić information content (AvgIpc) is 3.39. The fraction of sp³-hybridized carbons (Fsp3) is 0.672. The standard InChI is InChI=1S/C67H114NO8P/c1-6-8-10-12-14-16-18-20-22-24-25-26-27-28-29-30-31-32-33-34-35-36-37-38-39-40-41-42-43-44-46-48-50-52-54-56-58-60-67(70)76-65(64-75-77(71,72)74-62-61-68(3,4)5)63-73-66(69)59-57-55-53-51-49-47-45-23-21-19-17-15-13-11-9-7-2/h8,10,14,16,20,22,25-26,28-29,31-32,34-35,37-38,40-41,43-44,65H,6-7,9,11-13,15,17-19,21,23-24,27,30,33,36,39,42,45-64H2,1-5H3/b10-8-,16-14-,22-20-,26-25-,29-28-,32-31-,35-34-,38-37-,41-40-,44-43-. The molecule has 0 radical (unpaired) electrons. The van der Waals surface area contributed by atoms with E-state index in [0.717, 1.165) is 122 Å². The largest absolute Gasteiger partial charge is 0.756 e. The van der Waals surface area contributed by atoms with Gasteiger partial charge in [0.2, 0.25) is 0 Å². The molecule has 0 spiro atoms. The minimum atomic E-state index is -4.65. The SMILES string of the molecule is CC/C=C\C/C=C\C/C=C\C/C=C\C/C=C\C/C=C\C/C=C\C/C=C\C/C=C\C/C=C\CCCCCCCCC(=O)OC(COC(=O)CCCCCCCCCCCCCCCCCC)COP(=O)([O-])OCC[N+](C)(C)C. The third-order valence-corrected chi connectivity index (χ3v) is 13.7. The lowest BCUT2D eigenvalue weighted by Gasteiger charge is -2.28. The van der Waals surface area contributed by atoms with Gasteiger partial charge in [-0.2, -0.15) is 0 Å². The van der Waals surface area contributed by atoms with Gasteiger partial charge < -0.3 is 27.9 Å². The molecule has 2 atom stereocenters. The van der Waals surface area contributed by atoms with E-state index >= 15 is 0 Å². The topological polar surface area (TPSA) is 111 Å². The van der Waals surface area contributed by atoms with Crippen molar-refractivity contribution in [3.8, 4) is 0 Å². The van der Waals surface area contributed by atoms with Crippen LogP contribution >= 0.6 is 7.82 Å². The van der Waals surface area contributed by atoms with E-state index < -0.39 is 26.5 Å². The van der Waals surface area contributed by atoms with Crippen LogP contribution in [0.25, 0.3) is 0 Å². The number of hydrogen-bond donors (Lipinski definition) is 0. The maximum absolute atomic E-state index is 12.8. The van der Waals surface area contributed by atoms with Crippen LogP contribution in [0.1, 0.15) is 239 Å². The van der Waals surface area contributed by atoms with Crippen molar-refractivity contribution in [2.45, 2.75) is 245 Å². The number of rotatable bonds is 55. The highest BCUT2D eigenvalue weighted by Crippen LogP contribution is 2.38. The number of carbonyl (C=O) groups excluding carboxylic acids is 2. The molecule has 0 bridgehead atoms. The molecule has 10 heteroatoms. The predicted octanol–water partition coefficient (Wildman–Crippen LogP) is 18.9. The van der Waals surface area contributed by atoms with E-state index in [-0.39, 0.29) is 32.0 Å². The van der Waals surface area contributed by atoms with E-state index in [0.29, 0.717) is 17.4 Å². The summed E-state index contributed by atoms with van der Waals surface area (Å²) in [6, 6.07) is 0. The molecule has 0 saturated heterocycles. The molecule has 0 saturated carbocycles. The van der Waals surface area contributed by atoms with E-state index in [2.05, 4.69) is 135 Å². The average molecular weight is 1090 g/mol. The normalized spacial score (nSPS) is 14.1. The summed E-state index contributed by atoms with van der Waals surface area (Å²) < 4.78 is 34.1. The first-order valence-corrected chi connectivity index (χ1v) is 32.2. The summed E-state index contributed by atoms with van der Waals surface area (Å²) >= 11 is 0. The second-order valence-electron chi connectivity index (χ2n) is 21.3. The zero-order valence-corrected chi connectivity index (χ0v) is 50.8. The molecule has 0 aliphatic heterocycles. The summed E-state index contributed by atoms with van der Waals surface area (Å²) in [6.45, 7) is 4.11. The predicted molar refractivity (Wildman–Crippen MR) is 328 cm³/mol. The highest BCUT2D eigenvalue weighted by Gasteiger charge is 2.22. The minimum Gasteiger partial charge on any atom is -0.756 e. The van der Waals surface area contributed by atoms with Crippen molar-refractivity contribution in [3.05, 3.63) is 122 Å². The number of esters is 2. The number of phosphoric ester groups is 1. The summed E-state index contributed by atoms with van der Waals surface area (Å²) in [4.78, 5) is 37.9. The summed E-state index contributed by atoms with van der Waals surface area (Å²) in [5.41, 5.74) is 0. The Hall–Kier alpha value is -3.59. The van der Waals surface area contributed by atoms with Crippen LogP contribution in [0.15, 0.2) is 122 Å². The van der Waals surface area contributed by atoms with Gasteiger partial charge in [-0.3, -0.25) is 14.2 Å². The number of quaternary nitrogens is 1. The van der Waals surface area contributed by atoms with Crippen LogP contribution in [0.3, 0.4) is 0 Å². The first-order valence-electron chi connectivity index (χ1n) is 30.7. The van der Waals surface area contributed by atoms with E-state index in [1.165, 1.54) is 83.5 Å². The van der Waals surface area contributed by atoms with Gasteiger partial charge in [0.1, 0.15) is 19.8 Å². The summed E-state index contributed by atoms with van der Waals surface area (Å²) in [6.07, 6.45) is 81.1. The van der Waals surface area contributed by atoms with E-state index in [4.69, 9.17) is 18.5 Å². The zero-order valence-electron chi connectivity index (χ0n) is 49.9. The van der Waals surface area contributed by atoms with Gasteiger partial charge in [0.15, 0.2) is 6.10 Å². The zero-order chi connectivity index (χ0) is 56.3. The Kier molecular flexibility index (Phi) is 54.4. The van der Waals surface area contributed by atoms with Gasteiger partial charge in [0.25, 0.3) is 7.82 Å². The van der Waals surface area contributed by atoms with Crippen molar-refractivity contribution in [3.63, 3.8) is 0 Å². The number of carbonyl (C=O) groups is 2. The third kappa shape index (κ3) is 61.5. The van der Waals surface area contributed by atoms with E-state index in [1.54, 1.807) is 0 Å². The number of likely N-dealkylation sites (N-methyl/N-ethyl adjacent to an activating group) is 1. The second-order valence-corrected chi connectivity index (χ2v) is 22.8. The molecule has 0 aromatic rings. The van der Waals surface area contributed by atoms with Crippen molar-refractivity contribution >= 4 is 19.8 Å². The molecule has 0 N–H and O–H groups in total. The minimum absolute atomic E-state index is 0.0385. The lowest BCUT2D eigenvalue weighted by atomic mass is 10.0. The lowest BCUT2D eigenvalue weighted by Crippen LogP contribution is -2.37. The number of allylic oxidation sites excluding steroid dienone is 20. The van der Waals surface area contributed by atoms with Gasteiger partial charge in [-0.15, -0.1) is 0 Å². The molecule has 0 heterocycles. The maximum atomic E-state index is 12.8. The first kappa shape index (κ1) is 73.4. The number of phosphoric acid groups is 1. The Morgan fingerprint density at radius 3 is 1.10 bits per heavy atom. The first-order chi connectivity index (χ1) is 37.5. The monoisotopic (exact) mass is 1090 g/mol. The van der Waals surface area contributed by atoms with Gasteiger partial charge in [-0.25, -0.2) is 0 Å². The third-order valence-electron chi connectivity index (χ3n) is 12.7. The molecular formula is C67H114NO8P. The van der Waals surface area contributed by atoms with E-state index in [1.807, 2.05) is 21.1 Å². The van der Waals surface area contributed by atoms with E-state index in [9.17, 15) is 19.0 Å². The highest BCUT2D eigenvalue weighted by molar-refractivity contribution is 7.45. The highest BCUT2D eigenvalue weighted by atomic mass is 31.2. The molecule has 0 aromatic heterocycles. The second kappa shape index (κ2) is 57.1. The molecule has 0 rings (SSSR count). The Morgan fingerprint density at radius 1 is 0.416 bits per heavy atom. The fourth-order valence-electron chi connectivity index (χ4n) is 8.04. The van der Waals surface area contributed by atoms with Crippen molar-refractivity contribution < 1.29 is 42.1 Å². The van der Waals surface area contributed by atoms with Crippen LogP contribution in [0.4, 0.5) is 0 Å². The van der Waals surface area contributed by atoms with Crippen molar-refractivity contribution in [2.24, 2.45) is 0 Å². The molecule has 77 heavy (non-hydrogen) atoms. The van der Waals surface area contributed by atoms with Crippen LogP contribution in [0, 0.1) is 0 Å². The van der Waals surface area contributed by atoms with Crippen molar-refractivity contribution in [1.29, 1.82) is 0 Å². The van der Waals surface area contributed by atoms with Gasteiger partial charge in [-0.1, -0.05) is 257 Å². The van der Waals surface area contributed by atoms with Crippen LogP contribution in [-0.2, 0) is 32.7 Å². The lowest BCUT2D eigenvalue weighted by molar-refractivity contribution is -0.870. The van der Waals surface area contributed by atoms with Crippen molar-refractivity contribution in [2.75, 3.05) is 47.5 Å². The molecule has 0 aliphatic rings. The van der Waals surface area contributed by atoms with Crippen LogP contribution in [-0.4, -0.2) is 70.0 Å². The summed E-state index contributed by atoms with van der Waals surface area (Å²) in [5, 5.41) is 0. The van der Waals surface area contributed by atoms with Gasteiger partial charge in [0.05, 0.1) is 27.7 Å². The Bertz CT molecular complexity index is 1710. The number of ether oxygens (including phenoxy) is 2. The van der Waals surface area contributed by atoms with Crippen LogP contribution in [0.2, 0.25) is 0 Å². The summed E-state index contributed by atoms with van der Waals surface area (Å²) in [7, 11) is 1.15. The smallest absolute Gasteiger partial charge is 0.306 e. The quantitative estimate of drug-likeness (QED) is 0.0195. The van der Waals surface area contributed by atoms with Crippen LogP contribution in [0.5, 0.6) is 0 Å². The maximum Gasteiger partial charge on any atom is 0.306 e. The number of unbranched alkanes of at least 4 members (excludes halogenated alkanes) is 21.